The molecule has 1 saturated heterocycles. The van der Waals surface area contributed by atoms with E-state index in [1.54, 1.807) is 33.4 Å². The van der Waals surface area contributed by atoms with Gasteiger partial charge in [-0.1, -0.05) is 0 Å². The number of fused-ring (bicyclic) bond motifs is 1. The Bertz CT molecular complexity index is 1410. The molecule has 1 fully saturated rings. The molecule has 0 aromatic carbocycles. The summed E-state index contributed by atoms with van der Waals surface area (Å²) in [5.41, 5.74) is 4.88. The van der Waals surface area contributed by atoms with Crippen LogP contribution in [0, 0.1) is 11.3 Å². The van der Waals surface area contributed by atoms with Crippen LogP contribution in [-0.4, -0.2) is 72.6 Å². The average molecular weight is 471 g/mol. The molecule has 5 heterocycles. The molecule has 10 heteroatoms. The second-order valence-electron chi connectivity index (χ2n) is 8.83. The average Bonchev–Trinajstić information content (AvgIpc) is 3.49. The number of aryl methyl sites for hydroxylation is 1. The van der Waals surface area contributed by atoms with Crippen molar-refractivity contribution in [1.82, 2.24) is 29.3 Å². The topological polar surface area (TPSA) is 116 Å². The van der Waals surface area contributed by atoms with Crippen LogP contribution in [0.2, 0.25) is 0 Å². The molecule has 4 aromatic heterocycles. The lowest BCUT2D eigenvalue weighted by Gasteiger charge is -2.35. The SMILES string of the molecule is CC(O)CC(=O)N1CCN(c2ccc(-c3cc(-c4cnn(C)c4)cn4ncc(C#N)c34)cn2)CC1. The zero-order valence-corrected chi connectivity index (χ0v) is 19.7. The lowest BCUT2D eigenvalue weighted by atomic mass is 10.0. The van der Waals surface area contributed by atoms with E-state index >= 15 is 0 Å². The van der Waals surface area contributed by atoms with E-state index < -0.39 is 6.10 Å². The van der Waals surface area contributed by atoms with Gasteiger partial charge in [0, 0.05) is 74.1 Å². The number of nitriles is 1. The van der Waals surface area contributed by atoms with E-state index in [1.165, 1.54) is 0 Å². The molecule has 0 saturated carbocycles. The van der Waals surface area contributed by atoms with Gasteiger partial charge in [-0.15, -0.1) is 0 Å². The Balaban J connectivity index is 1.42. The smallest absolute Gasteiger partial charge is 0.225 e. The fourth-order valence-electron chi connectivity index (χ4n) is 4.45. The van der Waals surface area contributed by atoms with E-state index in [1.807, 2.05) is 43.8 Å². The van der Waals surface area contributed by atoms with E-state index in [0.29, 0.717) is 31.7 Å². The molecular formula is C25H26N8O2. The van der Waals surface area contributed by atoms with Gasteiger partial charge in [0.25, 0.3) is 0 Å². The van der Waals surface area contributed by atoms with Gasteiger partial charge in [-0.25, -0.2) is 9.50 Å². The second kappa shape index (κ2) is 9.19. The van der Waals surface area contributed by atoms with Crippen LogP contribution >= 0.6 is 0 Å². The number of amides is 1. The summed E-state index contributed by atoms with van der Waals surface area (Å²) >= 11 is 0. The number of piperazine rings is 1. The first-order chi connectivity index (χ1) is 16.9. The standard InChI is InChI=1S/C25H26N8O2/c1-17(34)9-24(35)32-7-5-31(6-8-32)23-4-3-18(12-27-23)22-10-19(21-14-28-30(2)15-21)16-33-25(22)20(11-26)13-29-33/h3-4,10,12-17,34H,5-9H2,1-2H3. The number of nitrogens with zero attached hydrogens (tertiary/aromatic N) is 8. The number of hydrogen-bond donors (Lipinski definition) is 1. The lowest BCUT2D eigenvalue weighted by molar-refractivity contribution is -0.133. The summed E-state index contributed by atoms with van der Waals surface area (Å²) in [7, 11) is 1.87. The maximum absolute atomic E-state index is 12.2. The van der Waals surface area contributed by atoms with Gasteiger partial charge < -0.3 is 14.9 Å². The molecule has 35 heavy (non-hydrogen) atoms. The molecule has 1 unspecified atom stereocenters. The first-order valence-corrected chi connectivity index (χ1v) is 11.5. The lowest BCUT2D eigenvalue weighted by Crippen LogP contribution is -2.49. The van der Waals surface area contributed by atoms with Gasteiger partial charge in [0.2, 0.25) is 5.91 Å². The van der Waals surface area contributed by atoms with Crippen molar-refractivity contribution in [2.45, 2.75) is 19.4 Å². The molecule has 1 atom stereocenters. The maximum Gasteiger partial charge on any atom is 0.225 e. The monoisotopic (exact) mass is 470 g/mol. The normalized spacial score (nSPS) is 14.8. The van der Waals surface area contributed by atoms with Crippen LogP contribution < -0.4 is 4.90 Å². The van der Waals surface area contributed by atoms with E-state index in [-0.39, 0.29) is 12.3 Å². The van der Waals surface area contributed by atoms with Gasteiger partial charge in [-0.05, 0) is 25.1 Å². The van der Waals surface area contributed by atoms with Crippen LogP contribution in [0.25, 0.3) is 27.8 Å². The van der Waals surface area contributed by atoms with Crippen LogP contribution in [-0.2, 0) is 11.8 Å². The molecule has 0 radical (unpaired) electrons. The van der Waals surface area contributed by atoms with Crippen LogP contribution in [0.4, 0.5) is 5.82 Å². The van der Waals surface area contributed by atoms with E-state index in [0.717, 1.165) is 33.6 Å². The molecule has 0 bridgehead atoms. The van der Waals surface area contributed by atoms with Crippen LogP contribution in [0.1, 0.15) is 18.9 Å². The van der Waals surface area contributed by atoms with Crippen molar-refractivity contribution in [2.24, 2.45) is 7.05 Å². The minimum Gasteiger partial charge on any atom is -0.393 e. The second-order valence-corrected chi connectivity index (χ2v) is 8.83. The summed E-state index contributed by atoms with van der Waals surface area (Å²) in [4.78, 5) is 20.9. The maximum atomic E-state index is 12.2. The number of aliphatic hydroxyl groups is 1. The number of rotatable bonds is 5. The third kappa shape index (κ3) is 4.46. The number of carbonyl (C=O) groups excluding carboxylic acids is 1. The Hall–Kier alpha value is -4.23. The molecule has 0 spiro atoms. The highest BCUT2D eigenvalue weighted by molar-refractivity contribution is 5.87. The van der Waals surface area contributed by atoms with Gasteiger partial charge >= 0.3 is 0 Å². The number of carbonyl (C=O) groups is 1. The highest BCUT2D eigenvalue weighted by Crippen LogP contribution is 2.32. The summed E-state index contributed by atoms with van der Waals surface area (Å²) in [6.45, 7) is 4.19. The van der Waals surface area contributed by atoms with Crippen molar-refractivity contribution in [1.29, 1.82) is 5.26 Å². The third-order valence-electron chi connectivity index (χ3n) is 6.26. The molecule has 4 aromatic rings. The van der Waals surface area contributed by atoms with Crippen molar-refractivity contribution in [3.05, 3.63) is 54.7 Å². The van der Waals surface area contributed by atoms with Gasteiger partial charge in [0.15, 0.2) is 0 Å². The number of pyridine rings is 2. The molecule has 1 aliphatic rings. The summed E-state index contributed by atoms with van der Waals surface area (Å²) < 4.78 is 3.48. The Morgan fingerprint density at radius 1 is 1.09 bits per heavy atom. The zero-order valence-electron chi connectivity index (χ0n) is 19.7. The zero-order chi connectivity index (χ0) is 24.5. The third-order valence-corrected chi connectivity index (χ3v) is 6.26. The predicted molar refractivity (Wildman–Crippen MR) is 130 cm³/mol. The minimum atomic E-state index is -0.629. The quantitative estimate of drug-likeness (QED) is 0.475. The summed E-state index contributed by atoms with van der Waals surface area (Å²) in [5, 5.41) is 27.8. The molecule has 1 N–H and O–H groups in total. The predicted octanol–water partition coefficient (Wildman–Crippen LogP) is 2.09. The van der Waals surface area contributed by atoms with Crippen molar-refractivity contribution in [3.8, 4) is 28.3 Å². The van der Waals surface area contributed by atoms with Crippen molar-refractivity contribution < 1.29 is 9.90 Å². The van der Waals surface area contributed by atoms with Gasteiger partial charge in [-0.3, -0.25) is 9.48 Å². The molecule has 5 rings (SSSR count). The molecule has 10 nitrogen and oxygen atoms in total. The molecule has 1 amide bonds. The molecule has 0 aliphatic carbocycles. The first kappa shape index (κ1) is 22.6. The van der Waals surface area contributed by atoms with Crippen molar-refractivity contribution in [2.75, 3.05) is 31.1 Å². The van der Waals surface area contributed by atoms with Gasteiger partial charge in [0.1, 0.15) is 11.9 Å². The Kier molecular flexibility index (Phi) is 5.93. The summed E-state index contributed by atoms with van der Waals surface area (Å²) in [6, 6.07) is 8.25. The van der Waals surface area contributed by atoms with Crippen molar-refractivity contribution in [3.63, 3.8) is 0 Å². The van der Waals surface area contributed by atoms with E-state index in [9.17, 15) is 15.2 Å². The summed E-state index contributed by atoms with van der Waals surface area (Å²) in [5.74, 6) is 0.819. The van der Waals surface area contributed by atoms with Crippen molar-refractivity contribution >= 4 is 17.2 Å². The number of anilines is 1. The number of hydrogen-bond acceptors (Lipinski definition) is 7. The minimum absolute atomic E-state index is 0.0189. The van der Waals surface area contributed by atoms with E-state index in [4.69, 9.17) is 4.98 Å². The highest BCUT2D eigenvalue weighted by Gasteiger charge is 2.23. The number of aromatic nitrogens is 5. The van der Waals surface area contributed by atoms with Gasteiger partial charge in [0.05, 0.1) is 36.0 Å². The van der Waals surface area contributed by atoms with Gasteiger partial charge in [-0.2, -0.15) is 15.5 Å². The highest BCUT2D eigenvalue weighted by atomic mass is 16.3. The van der Waals surface area contributed by atoms with Crippen LogP contribution in [0.15, 0.2) is 49.2 Å². The molecule has 1 aliphatic heterocycles. The molecular weight excluding hydrogens is 444 g/mol. The first-order valence-electron chi connectivity index (χ1n) is 11.5. The van der Waals surface area contributed by atoms with Crippen LogP contribution in [0.5, 0.6) is 0 Å². The largest absolute Gasteiger partial charge is 0.393 e. The Morgan fingerprint density at radius 3 is 2.51 bits per heavy atom. The summed E-state index contributed by atoms with van der Waals surface area (Å²) in [6.07, 6.45) is 8.55. The Morgan fingerprint density at radius 2 is 1.89 bits per heavy atom. The Labute approximate surface area is 202 Å². The fourth-order valence-corrected chi connectivity index (χ4v) is 4.45. The molecule has 178 valence electrons. The number of aliphatic hydroxyl groups excluding tert-OH is 1. The fraction of sp³-hybridized carbons (Fsp3) is 0.320. The van der Waals surface area contributed by atoms with Crippen LogP contribution in [0.3, 0.4) is 0 Å². The van der Waals surface area contributed by atoms with E-state index in [2.05, 4.69) is 21.2 Å².